The summed E-state index contributed by atoms with van der Waals surface area (Å²) in [5.74, 6) is -0.442. The van der Waals surface area contributed by atoms with E-state index in [0.29, 0.717) is 12.8 Å². The van der Waals surface area contributed by atoms with Gasteiger partial charge in [0.1, 0.15) is 0 Å². The average molecular weight is 288 g/mol. The number of hydrogen-bond donors (Lipinski definition) is 0. The molecule has 0 bridgehead atoms. The van der Waals surface area contributed by atoms with Crippen LogP contribution in [0.3, 0.4) is 0 Å². The third kappa shape index (κ3) is 2.59. The smallest absolute Gasteiger partial charge is 0.312 e. The Kier molecular flexibility index (Phi) is 3.65. The summed E-state index contributed by atoms with van der Waals surface area (Å²) in [6.45, 7) is 0.142. The van der Waals surface area contributed by atoms with Crippen molar-refractivity contribution in [1.82, 2.24) is 0 Å². The summed E-state index contributed by atoms with van der Waals surface area (Å²) in [5, 5.41) is 10.8. The fourth-order valence-corrected chi connectivity index (χ4v) is 2.26. The summed E-state index contributed by atoms with van der Waals surface area (Å²) in [6, 6.07) is 3.05. The second kappa shape index (κ2) is 5.10. The molecule has 0 spiro atoms. The molecular formula is C12H11F3N2O3. The van der Waals surface area contributed by atoms with E-state index >= 15 is 0 Å². The van der Waals surface area contributed by atoms with E-state index in [1.807, 2.05) is 0 Å². The predicted octanol–water partition coefficient (Wildman–Crippen LogP) is 3.13. The zero-order valence-electron chi connectivity index (χ0n) is 10.3. The molecule has 0 atom stereocenters. The highest BCUT2D eigenvalue weighted by Gasteiger charge is 2.43. The van der Waals surface area contributed by atoms with E-state index in [4.69, 9.17) is 0 Å². The number of rotatable bonds is 2. The van der Waals surface area contributed by atoms with Crippen LogP contribution in [-0.4, -0.2) is 17.4 Å². The molecular weight excluding hydrogens is 277 g/mol. The van der Waals surface area contributed by atoms with Crippen LogP contribution in [0, 0.1) is 10.1 Å². The standard InChI is InChI=1S/C12H11F3N2O3/c13-12(14,15)11-8(4-3-5-9(11)17(19)20)16-7-2-1-6-10(16)18/h3-5H,1-2,6-7H2. The second-order valence-electron chi connectivity index (χ2n) is 4.43. The van der Waals surface area contributed by atoms with Gasteiger partial charge >= 0.3 is 6.18 Å². The van der Waals surface area contributed by atoms with Gasteiger partial charge < -0.3 is 4.90 Å². The first-order chi connectivity index (χ1) is 9.32. The van der Waals surface area contributed by atoms with Gasteiger partial charge in [0.25, 0.3) is 5.69 Å². The Bertz CT molecular complexity index is 557. The quantitative estimate of drug-likeness (QED) is 0.620. The van der Waals surface area contributed by atoms with E-state index in [1.54, 1.807) is 0 Å². The molecule has 1 fully saturated rings. The number of amides is 1. The summed E-state index contributed by atoms with van der Waals surface area (Å²) in [7, 11) is 0. The molecule has 0 aliphatic carbocycles. The molecule has 0 radical (unpaired) electrons. The van der Waals surface area contributed by atoms with Gasteiger partial charge in [0.05, 0.1) is 10.6 Å². The average Bonchev–Trinajstić information content (AvgIpc) is 2.37. The summed E-state index contributed by atoms with van der Waals surface area (Å²) in [6.07, 6.45) is -3.55. The van der Waals surface area contributed by atoms with E-state index in [1.165, 1.54) is 0 Å². The van der Waals surface area contributed by atoms with Gasteiger partial charge in [-0.3, -0.25) is 14.9 Å². The zero-order valence-corrected chi connectivity index (χ0v) is 10.3. The molecule has 0 unspecified atom stereocenters. The Balaban J connectivity index is 2.60. The van der Waals surface area contributed by atoms with E-state index < -0.39 is 33.9 Å². The van der Waals surface area contributed by atoms with Crippen molar-refractivity contribution in [3.63, 3.8) is 0 Å². The molecule has 1 aliphatic rings. The molecule has 1 aromatic carbocycles. The molecule has 1 saturated heterocycles. The Morgan fingerprint density at radius 1 is 1.25 bits per heavy atom. The van der Waals surface area contributed by atoms with Crippen LogP contribution >= 0.6 is 0 Å². The van der Waals surface area contributed by atoms with Crippen LogP contribution in [0.15, 0.2) is 18.2 Å². The lowest BCUT2D eigenvalue weighted by atomic mass is 10.0. The summed E-state index contributed by atoms with van der Waals surface area (Å²) in [4.78, 5) is 22.4. The van der Waals surface area contributed by atoms with Gasteiger partial charge in [-0.15, -0.1) is 0 Å². The normalized spacial score (nSPS) is 16.4. The van der Waals surface area contributed by atoms with Crippen LogP contribution < -0.4 is 4.90 Å². The maximum atomic E-state index is 13.1. The minimum atomic E-state index is -4.89. The minimum absolute atomic E-state index is 0.142. The minimum Gasteiger partial charge on any atom is -0.312 e. The third-order valence-corrected chi connectivity index (χ3v) is 3.11. The molecule has 5 nitrogen and oxygen atoms in total. The lowest BCUT2D eigenvalue weighted by Crippen LogP contribution is -2.36. The molecule has 0 aromatic heterocycles. The van der Waals surface area contributed by atoms with Gasteiger partial charge in [-0.1, -0.05) is 6.07 Å². The Labute approximate surface area is 112 Å². The van der Waals surface area contributed by atoms with Crippen molar-refractivity contribution in [2.45, 2.75) is 25.4 Å². The largest absolute Gasteiger partial charge is 0.425 e. The predicted molar refractivity (Wildman–Crippen MR) is 64.3 cm³/mol. The highest BCUT2D eigenvalue weighted by molar-refractivity contribution is 5.95. The van der Waals surface area contributed by atoms with Crippen LogP contribution in [0.25, 0.3) is 0 Å². The SMILES string of the molecule is O=C1CCCCN1c1cccc([N+](=O)[O-])c1C(F)(F)F. The highest BCUT2D eigenvalue weighted by atomic mass is 19.4. The number of anilines is 1. The number of carbonyl (C=O) groups excluding carboxylic acids is 1. The maximum Gasteiger partial charge on any atom is 0.425 e. The van der Waals surface area contributed by atoms with Gasteiger partial charge in [-0.25, -0.2) is 0 Å². The lowest BCUT2D eigenvalue weighted by molar-refractivity contribution is -0.388. The van der Waals surface area contributed by atoms with Gasteiger partial charge in [-0.05, 0) is 18.9 Å². The molecule has 1 aliphatic heterocycles. The van der Waals surface area contributed by atoms with Crippen LogP contribution in [0.5, 0.6) is 0 Å². The van der Waals surface area contributed by atoms with Gasteiger partial charge in [0.15, 0.2) is 5.56 Å². The number of nitro benzene ring substituents is 1. The fraction of sp³-hybridized carbons (Fsp3) is 0.417. The maximum absolute atomic E-state index is 13.1. The molecule has 2 rings (SSSR count). The van der Waals surface area contributed by atoms with E-state index in [9.17, 15) is 28.1 Å². The summed E-state index contributed by atoms with van der Waals surface area (Å²) in [5.41, 5.74) is -2.83. The Morgan fingerprint density at radius 2 is 1.95 bits per heavy atom. The second-order valence-corrected chi connectivity index (χ2v) is 4.43. The van der Waals surface area contributed by atoms with Crippen molar-refractivity contribution in [3.05, 3.63) is 33.9 Å². The molecule has 1 aromatic rings. The first-order valence-electron chi connectivity index (χ1n) is 5.97. The Hall–Kier alpha value is -2.12. The van der Waals surface area contributed by atoms with E-state index in [-0.39, 0.29) is 13.0 Å². The molecule has 0 saturated carbocycles. The van der Waals surface area contributed by atoms with Crippen LogP contribution in [0.2, 0.25) is 0 Å². The molecule has 1 amide bonds. The van der Waals surface area contributed by atoms with Crippen LogP contribution in [0.4, 0.5) is 24.5 Å². The number of carbonyl (C=O) groups is 1. The lowest BCUT2D eigenvalue weighted by Gasteiger charge is -2.28. The fourth-order valence-electron chi connectivity index (χ4n) is 2.26. The molecule has 20 heavy (non-hydrogen) atoms. The van der Waals surface area contributed by atoms with Crippen LogP contribution in [-0.2, 0) is 11.0 Å². The van der Waals surface area contributed by atoms with Gasteiger partial charge in [-0.2, -0.15) is 13.2 Å². The monoisotopic (exact) mass is 288 g/mol. The third-order valence-electron chi connectivity index (χ3n) is 3.11. The number of nitro groups is 1. The van der Waals surface area contributed by atoms with Crippen molar-refractivity contribution in [3.8, 4) is 0 Å². The van der Waals surface area contributed by atoms with Crippen LogP contribution in [0.1, 0.15) is 24.8 Å². The summed E-state index contributed by atoms with van der Waals surface area (Å²) >= 11 is 0. The first kappa shape index (κ1) is 14.3. The number of alkyl halides is 3. The first-order valence-corrected chi connectivity index (χ1v) is 5.97. The molecule has 8 heteroatoms. The number of halogens is 3. The van der Waals surface area contributed by atoms with Crippen molar-refractivity contribution >= 4 is 17.3 Å². The summed E-state index contributed by atoms with van der Waals surface area (Å²) < 4.78 is 39.3. The number of hydrogen-bond acceptors (Lipinski definition) is 3. The molecule has 108 valence electrons. The van der Waals surface area contributed by atoms with E-state index in [2.05, 4.69) is 0 Å². The highest BCUT2D eigenvalue weighted by Crippen LogP contribution is 2.43. The van der Waals surface area contributed by atoms with Gasteiger partial charge in [0, 0.05) is 19.0 Å². The zero-order chi connectivity index (χ0) is 14.9. The number of nitrogens with zero attached hydrogens (tertiary/aromatic N) is 2. The Morgan fingerprint density at radius 3 is 2.50 bits per heavy atom. The van der Waals surface area contributed by atoms with E-state index in [0.717, 1.165) is 23.1 Å². The molecule has 0 N–H and O–H groups in total. The van der Waals surface area contributed by atoms with Crippen molar-refractivity contribution in [1.29, 1.82) is 0 Å². The van der Waals surface area contributed by atoms with Crippen molar-refractivity contribution in [2.24, 2.45) is 0 Å². The van der Waals surface area contributed by atoms with Gasteiger partial charge in [0.2, 0.25) is 5.91 Å². The van der Waals surface area contributed by atoms with Crippen molar-refractivity contribution < 1.29 is 22.9 Å². The topological polar surface area (TPSA) is 63.5 Å². The number of benzene rings is 1. The number of piperidine rings is 1. The molecule has 1 heterocycles. The van der Waals surface area contributed by atoms with Crippen molar-refractivity contribution in [2.75, 3.05) is 11.4 Å².